The van der Waals surface area contributed by atoms with Crippen LogP contribution in [0, 0.1) is 0 Å². The van der Waals surface area contributed by atoms with Crippen LogP contribution in [0.3, 0.4) is 0 Å². The summed E-state index contributed by atoms with van der Waals surface area (Å²) in [6, 6.07) is 34.4. The Hall–Kier alpha value is -3.96. The van der Waals surface area contributed by atoms with Crippen molar-refractivity contribution in [1.82, 2.24) is 0 Å². The lowest BCUT2D eigenvalue weighted by atomic mass is 9.75. The van der Waals surface area contributed by atoms with E-state index >= 15 is 0 Å². The van der Waals surface area contributed by atoms with Crippen LogP contribution < -0.4 is 19.3 Å². The minimum Gasteiger partial charge on any atom is -0.497 e. The number of rotatable bonds is 8. The molecule has 202 valence electrons. The molecule has 5 rings (SSSR count). The van der Waals surface area contributed by atoms with E-state index in [0.29, 0.717) is 0 Å². The van der Waals surface area contributed by atoms with E-state index < -0.39 is 0 Å². The zero-order valence-corrected chi connectivity index (χ0v) is 23.7. The number of anilines is 2. The highest BCUT2D eigenvalue weighted by Gasteiger charge is 2.47. The summed E-state index contributed by atoms with van der Waals surface area (Å²) < 4.78 is 18.1. The highest BCUT2D eigenvalue weighted by Crippen LogP contribution is 2.59. The number of hydrogen-bond donors (Lipinski definition) is 0. The van der Waals surface area contributed by atoms with Crippen LogP contribution in [-0.4, -0.2) is 42.4 Å². The van der Waals surface area contributed by atoms with E-state index in [4.69, 9.17) is 14.2 Å². The molecule has 39 heavy (non-hydrogen) atoms. The molecule has 1 aliphatic rings. The summed E-state index contributed by atoms with van der Waals surface area (Å²) in [6.07, 6.45) is -0.250. The molecule has 1 saturated heterocycles. The van der Waals surface area contributed by atoms with Gasteiger partial charge in [0.15, 0.2) is 0 Å². The van der Waals surface area contributed by atoms with E-state index in [2.05, 4.69) is 111 Å². The first kappa shape index (κ1) is 26.6. The van der Waals surface area contributed by atoms with Gasteiger partial charge in [-0.3, -0.25) is 0 Å². The topological polar surface area (TPSA) is 34.2 Å². The highest BCUT2D eigenvalue weighted by molar-refractivity contribution is 5.50. The monoisotopic (exact) mass is 522 g/mol. The van der Waals surface area contributed by atoms with Gasteiger partial charge >= 0.3 is 0 Å². The third-order valence-electron chi connectivity index (χ3n) is 7.81. The van der Waals surface area contributed by atoms with Crippen LogP contribution >= 0.6 is 0 Å². The Morgan fingerprint density at radius 2 is 0.769 bits per heavy atom. The maximum absolute atomic E-state index is 7.09. The predicted octanol–water partition coefficient (Wildman–Crippen LogP) is 7.22. The summed E-state index contributed by atoms with van der Waals surface area (Å²) in [4.78, 5) is 4.24. The molecule has 0 N–H and O–H groups in total. The van der Waals surface area contributed by atoms with Gasteiger partial charge in [-0.05, 0) is 70.8 Å². The zero-order chi connectivity index (χ0) is 27.5. The van der Waals surface area contributed by atoms with Gasteiger partial charge in [-0.15, -0.1) is 0 Å². The molecule has 1 aliphatic heterocycles. The Morgan fingerprint density at radius 3 is 1.05 bits per heavy atom. The number of hydrogen-bond acceptors (Lipinski definition) is 5. The Labute approximate surface area is 232 Å². The number of benzene rings is 4. The minimum atomic E-state index is -0.125. The van der Waals surface area contributed by atoms with Gasteiger partial charge in [0, 0.05) is 51.4 Å². The Balaban J connectivity index is 1.65. The third kappa shape index (κ3) is 5.45. The first-order chi connectivity index (χ1) is 18.9. The molecule has 0 saturated carbocycles. The largest absolute Gasteiger partial charge is 0.497 e. The van der Waals surface area contributed by atoms with Crippen molar-refractivity contribution in [3.8, 4) is 11.5 Å². The molecule has 4 aromatic carbocycles. The van der Waals surface area contributed by atoms with Crippen LogP contribution in [0.25, 0.3) is 0 Å². The molecule has 1 fully saturated rings. The van der Waals surface area contributed by atoms with Gasteiger partial charge in [0.25, 0.3) is 0 Å². The fraction of sp³-hybridized carbons (Fsp3) is 0.294. The Kier molecular flexibility index (Phi) is 7.80. The molecule has 0 amide bonds. The minimum absolute atomic E-state index is 0.0908. The second kappa shape index (κ2) is 11.4. The molecule has 0 unspecified atom stereocenters. The molecular formula is C34H38N2O3. The fourth-order valence-corrected chi connectivity index (χ4v) is 5.62. The van der Waals surface area contributed by atoms with Crippen LogP contribution in [0.5, 0.6) is 11.5 Å². The van der Waals surface area contributed by atoms with Crippen LogP contribution in [0.1, 0.15) is 46.3 Å². The standard InChI is InChI=1S/C34H38N2O3/c1-35(2)27-15-7-25(8-16-27)33-31(23-11-19-29(37-5)20-12-23)32(24-13-21-30(38-6)22-14-24)34(39-33)26-9-17-28(18-10-26)36(3)4/h7-22,31-34H,1-6H3/t31-,32-,33+,34+/m0/s1. The number of nitrogens with zero attached hydrogens (tertiary/aromatic N) is 2. The maximum Gasteiger partial charge on any atom is 0.118 e. The summed E-state index contributed by atoms with van der Waals surface area (Å²) in [5, 5.41) is 0. The molecule has 0 aromatic heterocycles. The van der Waals surface area contributed by atoms with Crippen molar-refractivity contribution in [2.24, 2.45) is 0 Å². The van der Waals surface area contributed by atoms with E-state index in [0.717, 1.165) is 11.5 Å². The number of methoxy groups -OCH3 is 2. The van der Waals surface area contributed by atoms with E-state index in [1.54, 1.807) is 14.2 Å². The van der Waals surface area contributed by atoms with Crippen molar-refractivity contribution in [3.05, 3.63) is 119 Å². The van der Waals surface area contributed by atoms with Crippen LogP contribution in [0.4, 0.5) is 11.4 Å². The smallest absolute Gasteiger partial charge is 0.118 e. The van der Waals surface area contributed by atoms with Gasteiger partial charge in [-0.1, -0.05) is 48.5 Å². The highest BCUT2D eigenvalue weighted by atomic mass is 16.5. The second-order valence-electron chi connectivity index (χ2n) is 10.5. The average molecular weight is 523 g/mol. The van der Waals surface area contributed by atoms with E-state index in [-0.39, 0.29) is 24.0 Å². The summed E-state index contributed by atoms with van der Waals surface area (Å²) in [6.45, 7) is 0. The lowest BCUT2D eigenvalue weighted by molar-refractivity contribution is 0.0367. The number of ether oxygens (including phenoxy) is 3. The van der Waals surface area contributed by atoms with E-state index in [9.17, 15) is 0 Å². The summed E-state index contributed by atoms with van der Waals surface area (Å²) in [7, 11) is 11.7. The van der Waals surface area contributed by atoms with Crippen molar-refractivity contribution >= 4 is 11.4 Å². The van der Waals surface area contributed by atoms with Crippen LogP contribution in [0.2, 0.25) is 0 Å². The quantitative estimate of drug-likeness (QED) is 0.244. The first-order valence-corrected chi connectivity index (χ1v) is 13.4. The van der Waals surface area contributed by atoms with Crippen molar-refractivity contribution in [3.63, 3.8) is 0 Å². The predicted molar refractivity (Wildman–Crippen MR) is 160 cm³/mol. The molecule has 0 bridgehead atoms. The lowest BCUT2D eigenvalue weighted by Crippen LogP contribution is -2.14. The lowest BCUT2D eigenvalue weighted by Gasteiger charge is -2.26. The van der Waals surface area contributed by atoms with E-state index in [1.807, 2.05) is 24.3 Å². The van der Waals surface area contributed by atoms with Crippen LogP contribution in [-0.2, 0) is 4.74 Å². The van der Waals surface area contributed by atoms with Gasteiger partial charge in [0.05, 0.1) is 26.4 Å². The van der Waals surface area contributed by atoms with Crippen molar-refractivity contribution < 1.29 is 14.2 Å². The SMILES string of the molecule is COc1ccc([C@H]2[C@H](c3ccc(OC)cc3)[C@@H](c3ccc(N(C)C)cc3)O[C@@H]2c2ccc(N(C)C)cc2)cc1. The van der Waals surface area contributed by atoms with Crippen molar-refractivity contribution in [2.75, 3.05) is 52.2 Å². The summed E-state index contributed by atoms with van der Waals surface area (Å²) >= 11 is 0. The van der Waals surface area contributed by atoms with Gasteiger partial charge < -0.3 is 24.0 Å². The molecule has 0 spiro atoms. The van der Waals surface area contributed by atoms with Crippen LogP contribution in [0.15, 0.2) is 97.1 Å². The Bertz CT molecular complexity index is 1240. The van der Waals surface area contributed by atoms with E-state index in [1.165, 1.54) is 33.6 Å². The molecule has 0 radical (unpaired) electrons. The van der Waals surface area contributed by atoms with Gasteiger partial charge in [-0.25, -0.2) is 0 Å². The molecular weight excluding hydrogens is 484 g/mol. The Morgan fingerprint density at radius 1 is 0.462 bits per heavy atom. The van der Waals surface area contributed by atoms with Gasteiger partial charge in [0.1, 0.15) is 11.5 Å². The molecule has 1 heterocycles. The molecule has 5 nitrogen and oxygen atoms in total. The normalized spacial score (nSPS) is 20.5. The first-order valence-electron chi connectivity index (χ1n) is 13.4. The molecule has 5 heteroatoms. The zero-order valence-electron chi connectivity index (χ0n) is 23.7. The molecule has 4 aromatic rings. The molecule has 0 aliphatic carbocycles. The van der Waals surface area contributed by atoms with Crippen molar-refractivity contribution in [1.29, 1.82) is 0 Å². The third-order valence-corrected chi connectivity index (χ3v) is 7.81. The maximum atomic E-state index is 7.09. The summed E-state index contributed by atoms with van der Waals surface area (Å²) in [5.74, 6) is 1.88. The fourth-order valence-electron chi connectivity index (χ4n) is 5.62. The van der Waals surface area contributed by atoms with Gasteiger partial charge in [-0.2, -0.15) is 0 Å². The average Bonchev–Trinajstić information content (AvgIpc) is 3.38. The van der Waals surface area contributed by atoms with Gasteiger partial charge in [0.2, 0.25) is 0 Å². The molecule has 4 atom stereocenters. The summed E-state index contributed by atoms with van der Waals surface area (Å²) in [5.41, 5.74) is 7.14. The second-order valence-corrected chi connectivity index (χ2v) is 10.5. The van der Waals surface area contributed by atoms with Crippen molar-refractivity contribution in [2.45, 2.75) is 24.0 Å².